The molecular weight excluding hydrogens is 272 g/mol. The van der Waals surface area contributed by atoms with Gasteiger partial charge in [-0.2, -0.15) is 0 Å². The van der Waals surface area contributed by atoms with Crippen LogP contribution < -0.4 is 0 Å². The van der Waals surface area contributed by atoms with Crippen molar-refractivity contribution in [3.8, 4) is 0 Å². The molecule has 2 unspecified atom stereocenters. The fraction of sp³-hybridized carbons (Fsp3) is 0.692. The molecule has 1 amide bonds. The molecule has 7 heteroatoms. The molecule has 1 heterocycles. The number of piperidine rings is 1. The van der Waals surface area contributed by atoms with Crippen LogP contribution in [0.5, 0.6) is 0 Å². The number of likely N-dealkylation sites (tertiary alicyclic amines) is 1. The van der Waals surface area contributed by atoms with Gasteiger partial charge in [0.05, 0.1) is 5.92 Å². The summed E-state index contributed by atoms with van der Waals surface area (Å²) < 4.78 is 32.9. The van der Waals surface area contributed by atoms with E-state index in [2.05, 4.69) is 6.58 Å². The van der Waals surface area contributed by atoms with E-state index in [0.717, 1.165) is 0 Å². The number of alkyl halides is 2. The van der Waals surface area contributed by atoms with Crippen molar-refractivity contribution in [2.75, 3.05) is 19.7 Å². The number of carbonyl (C=O) groups excluding carboxylic acids is 1. The van der Waals surface area contributed by atoms with Gasteiger partial charge in [-0.1, -0.05) is 12.7 Å². The molecular formula is C13H17F2NO4. The Kier molecular flexibility index (Phi) is 3.96. The molecule has 0 radical (unpaired) electrons. The van der Waals surface area contributed by atoms with Crippen LogP contribution in [0, 0.1) is 17.8 Å². The average molecular weight is 289 g/mol. The zero-order valence-electron chi connectivity index (χ0n) is 10.9. The molecule has 20 heavy (non-hydrogen) atoms. The Balaban J connectivity index is 2.08. The molecule has 2 rings (SSSR count). The molecule has 5 nitrogen and oxygen atoms in total. The summed E-state index contributed by atoms with van der Waals surface area (Å²) >= 11 is 0. The van der Waals surface area contributed by atoms with Crippen molar-refractivity contribution in [3.63, 3.8) is 0 Å². The van der Waals surface area contributed by atoms with Gasteiger partial charge >= 0.3 is 12.1 Å². The van der Waals surface area contributed by atoms with Gasteiger partial charge in [0.15, 0.2) is 0 Å². The average Bonchev–Trinajstić information content (AvgIpc) is 2.34. The molecule has 2 atom stereocenters. The van der Waals surface area contributed by atoms with Crippen LogP contribution in [0.3, 0.4) is 0 Å². The predicted molar refractivity (Wildman–Crippen MR) is 65.4 cm³/mol. The SMILES string of the molecule is C=CCOC(=O)N1CC2CC(C(=O)O)CC(C1)C2(F)F. The summed E-state index contributed by atoms with van der Waals surface area (Å²) in [7, 11) is 0. The Hall–Kier alpha value is -1.66. The zero-order valence-corrected chi connectivity index (χ0v) is 10.9. The quantitative estimate of drug-likeness (QED) is 0.807. The molecule has 1 saturated carbocycles. The molecule has 1 aliphatic heterocycles. The zero-order chi connectivity index (χ0) is 14.9. The molecule has 1 N–H and O–H groups in total. The summed E-state index contributed by atoms with van der Waals surface area (Å²) in [4.78, 5) is 23.9. The van der Waals surface area contributed by atoms with E-state index < -0.39 is 35.7 Å². The lowest BCUT2D eigenvalue weighted by molar-refractivity contribution is -0.185. The van der Waals surface area contributed by atoms with Crippen LogP contribution in [-0.4, -0.2) is 47.7 Å². The summed E-state index contributed by atoms with van der Waals surface area (Å²) in [6.07, 6.45) is 0.537. The van der Waals surface area contributed by atoms with Crippen molar-refractivity contribution in [2.24, 2.45) is 17.8 Å². The molecule has 0 aromatic rings. The number of amides is 1. The number of carboxylic acids is 1. The second-order valence-corrected chi connectivity index (χ2v) is 5.35. The van der Waals surface area contributed by atoms with E-state index in [-0.39, 0.29) is 32.5 Å². The molecule has 2 fully saturated rings. The standard InChI is InChI=1S/C13H17F2NO4/c1-2-3-20-12(19)16-6-9-4-8(11(17)18)5-10(7-16)13(9,14)15/h2,8-10H,1,3-7H2,(H,17,18). The largest absolute Gasteiger partial charge is 0.481 e. The second kappa shape index (κ2) is 5.38. The smallest absolute Gasteiger partial charge is 0.410 e. The van der Waals surface area contributed by atoms with Crippen LogP contribution in [0.2, 0.25) is 0 Å². The third-order valence-corrected chi connectivity index (χ3v) is 4.04. The Morgan fingerprint density at radius 3 is 2.35 bits per heavy atom. The minimum Gasteiger partial charge on any atom is -0.481 e. The van der Waals surface area contributed by atoms with Crippen molar-refractivity contribution in [2.45, 2.75) is 18.8 Å². The highest BCUT2D eigenvalue weighted by molar-refractivity contribution is 5.71. The first-order valence-electron chi connectivity index (χ1n) is 6.49. The van der Waals surface area contributed by atoms with Gasteiger partial charge in [0.2, 0.25) is 0 Å². The van der Waals surface area contributed by atoms with Gasteiger partial charge in [0, 0.05) is 24.9 Å². The van der Waals surface area contributed by atoms with Crippen molar-refractivity contribution in [1.29, 1.82) is 0 Å². The van der Waals surface area contributed by atoms with E-state index in [1.165, 1.54) is 11.0 Å². The van der Waals surface area contributed by atoms with E-state index >= 15 is 0 Å². The minimum absolute atomic E-state index is 0.0266. The van der Waals surface area contributed by atoms with Gasteiger partial charge in [-0.25, -0.2) is 13.6 Å². The highest BCUT2D eigenvalue weighted by Crippen LogP contribution is 2.48. The van der Waals surface area contributed by atoms with Crippen molar-refractivity contribution >= 4 is 12.1 Å². The highest BCUT2D eigenvalue weighted by Gasteiger charge is 2.57. The fourth-order valence-electron chi connectivity index (χ4n) is 3.00. The third-order valence-electron chi connectivity index (χ3n) is 4.04. The van der Waals surface area contributed by atoms with E-state index in [4.69, 9.17) is 9.84 Å². The number of carbonyl (C=O) groups is 2. The topological polar surface area (TPSA) is 66.8 Å². The maximum absolute atomic E-state index is 14.1. The number of aliphatic carboxylic acids is 1. The van der Waals surface area contributed by atoms with E-state index in [9.17, 15) is 18.4 Å². The molecule has 2 bridgehead atoms. The monoisotopic (exact) mass is 289 g/mol. The molecule has 1 saturated heterocycles. The van der Waals surface area contributed by atoms with Crippen LogP contribution in [0.1, 0.15) is 12.8 Å². The molecule has 0 aromatic heterocycles. The fourth-order valence-corrected chi connectivity index (χ4v) is 3.00. The maximum atomic E-state index is 14.1. The van der Waals surface area contributed by atoms with Crippen molar-refractivity contribution in [1.82, 2.24) is 4.90 Å². The first-order valence-corrected chi connectivity index (χ1v) is 6.49. The number of nitrogens with zero attached hydrogens (tertiary/aromatic N) is 1. The molecule has 1 aliphatic carbocycles. The lowest BCUT2D eigenvalue weighted by Gasteiger charge is -2.48. The maximum Gasteiger partial charge on any atom is 0.410 e. The first kappa shape index (κ1) is 14.7. The first-order chi connectivity index (χ1) is 9.36. The third kappa shape index (κ3) is 2.62. The Morgan fingerprint density at radius 2 is 1.90 bits per heavy atom. The highest BCUT2D eigenvalue weighted by atomic mass is 19.3. The number of ether oxygens (including phenoxy) is 1. The molecule has 0 aromatic carbocycles. The summed E-state index contributed by atoms with van der Waals surface area (Å²) in [6, 6.07) is 0. The van der Waals surface area contributed by atoms with Gasteiger partial charge in [-0.15, -0.1) is 0 Å². The number of rotatable bonds is 3. The summed E-state index contributed by atoms with van der Waals surface area (Å²) in [5.41, 5.74) is 0. The lowest BCUT2D eigenvalue weighted by Crippen LogP contribution is -2.59. The summed E-state index contributed by atoms with van der Waals surface area (Å²) in [6.45, 7) is 3.11. The predicted octanol–water partition coefficient (Wildman–Crippen LogP) is 1.99. The number of hydrogen-bond donors (Lipinski definition) is 1. The van der Waals surface area contributed by atoms with Crippen LogP contribution in [0.4, 0.5) is 13.6 Å². The Bertz CT molecular complexity index is 409. The van der Waals surface area contributed by atoms with Crippen LogP contribution in [-0.2, 0) is 9.53 Å². The Labute approximate surface area is 115 Å². The van der Waals surface area contributed by atoms with Crippen LogP contribution >= 0.6 is 0 Å². The van der Waals surface area contributed by atoms with Gasteiger partial charge in [-0.3, -0.25) is 4.79 Å². The second-order valence-electron chi connectivity index (χ2n) is 5.35. The Morgan fingerprint density at radius 1 is 1.35 bits per heavy atom. The normalized spacial score (nSPS) is 31.5. The molecule has 0 spiro atoms. The number of hydrogen-bond acceptors (Lipinski definition) is 3. The van der Waals surface area contributed by atoms with Gasteiger partial charge in [0.1, 0.15) is 6.61 Å². The number of carboxylic acid groups (broad SMARTS) is 1. The van der Waals surface area contributed by atoms with E-state index in [1.54, 1.807) is 0 Å². The molecule has 2 aliphatic rings. The van der Waals surface area contributed by atoms with Crippen molar-refractivity contribution in [3.05, 3.63) is 12.7 Å². The number of halogens is 2. The summed E-state index contributed by atoms with van der Waals surface area (Å²) in [5, 5.41) is 8.99. The van der Waals surface area contributed by atoms with Gasteiger partial charge in [-0.05, 0) is 12.8 Å². The summed E-state index contributed by atoms with van der Waals surface area (Å²) in [5.74, 6) is -6.95. The molecule has 112 valence electrons. The lowest BCUT2D eigenvalue weighted by atomic mass is 9.69. The van der Waals surface area contributed by atoms with Gasteiger partial charge < -0.3 is 14.7 Å². The minimum atomic E-state index is -2.92. The van der Waals surface area contributed by atoms with Gasteiger partial charge in [0.25, 0.3) is 5.92 Å². The van der Waals surface area contributed by atoms with Crippen LogP contribution in [0.25, 0.3) is 0 Å². The number of fused-ring (bicyclic) bond motifs is 2. The van der Waals surface area contributed by atoms with E-state index in [1.807, 2.05) is 0 Å². The van der Waals surface area contributed by atoms with Crippen molar-refractivity contribution < 1.29 is 28.2 Å². The van der Waals surface area contributed by atoms with Crippen LogP contribution in [0.15, 0.2) is 12.7 Å². The van der Waals surface area contributed by atoms with E-state index in [0.29, 0.717) is 0 Å².